The molecule has 47 heavy (non-hydrogen) atoms. The first-order valence-electron chi connectivity index (χ1n) is 14.8. The van der Waals surface area contributed by atoms with Gasteiger partial charge in [-0.1, -0.05) is 44.2 Å². The molecule has 1 aliphatic heterocycles. The molecule has 5 aromatic rings. The highest BCUT2D eigenvalue weighted by atomic mass is 32.1. The highest BCUT2D eigenvalue weighted by Gasteiger charge is 2.41. The summed E-state index contributed by atoms with van der Waals surface area (Å²) in [5.74, 6) is -0.367. The SMILES string of the molecule is Cc1cc(C#N)cc(C)c1-c1ccc2c(c1)C(C)(C)c1cc(C=C3C(=O)c4ccccc4C3=O)sc1N2c1ccc(C(F)(F)F)cn1. The first kappa shape index (κ1) is 30.3. The van der Waals surface area contributed by atoms with Gasteiger partial charge in [-0.15, -0.1) is 11.3 Å². The molecule has 0 N–H and O–H groups in total. The van der Waals surface area contributed by atoms with Crippen LogP contribution < -0.4 is 4.90 Å². The fourth-order valence-corrected chi connectivity index (χ4v) is 7.95. The molecule has 0 fully saturated rings. The van der Waals surface area contributed by atoms with Crippen LogP contribution in [-0.4, -0.2) is 16.6 Å². The number of thiophene rings is 1. The fourth-order valence-electron chi connectivity index (χ4n) is 6.67. The number of fused-ring (bicyclic) bond motifs is 3. The molecule has 0 saturated carbocycles. The van der Waals surface area contributed by atoms with Gasteiger partial charge in [0.1, 0.15) is 10.8 Å². The number of allylic oxidation sites excluding steroid dienone is 1. The van der Waals surface area contributed by atoms with E-state index in [0.717, 1.165) is 56.3 Å². The summed E-state index contributed by atoms with van der Waals surface area (Å²) in [6.07, 6.45) is -2.10. The molecule has 0 amide bonds. The lowest BCUT2D eigenvalue weighted by atomic mass is 9.74. The van der Waals surface area contributed by atoms with Crippen molar-refractivity contribution >= 4 is 45.5 Å². The predicted molar refractivity (Wildman–Crippen MR) is 177 cm³/mol. The van der Waals surface area contributed by atoms with Gasteiger partial charge in [-0.25, -0.2) is 4.98 Å². The van der Waals surface area contributed by atoms with E-state index < -0.39 is 17.2 Å². The van der Waals surface area contributed by atoms with Crippen molar-refractivity contribution in [1.82, 2.24) is 4.98 Å². The number of benzene rings is 3. The normalized spacial score (nSPS) is 14.9. The summed E-state index contributed by atoms with van der Waals surface area (Å²) in [5.41, 5.74) is 6.36. The van der Waals surface area contributed by atoms with Crippen molar-refractivity contribution in [3.05, 3.63) is 134 Å². The maximum absolute atomic E-state index is 13.5. The molecule has 3 heterocycles. The number of carbonyl (C=O) groups excluding carboxylic acids is 2. The predicted octanol–water partition coefficient (Wildman–Crippen LogP) is 9.89. The molecule has 1 aliphatic carbocycles. The number of aryl methyl sites for hydroxylation is 2. The Morgan fingerprint density at radius 1 is 0.894 bits per heavy atom. The van der Waals surface area contributed by atoms with Crippen molar-refractivity contribution < 1.29 is 22.8 Å². The Bertz CT molecular complexity index is 2180. The van der Waals surface area contributed by atoms with Crippen LogP contribution in [0.4, 0.5) is 29.7 Å². The number of rotatable bonds is 3. The lowest BCUT2D eigenvalue weighted by Gasteiger charge is -2.39. The fraction of sp³-hybridized carbons (Fsp3) is 0.158. The van der Waals surface area contributed by atoms with Gasteiger partial charge in [-0.3, -0.25) is 14.5 Å². The average Bonchev–Trinajstić information content (AvgIpc) is 3.56. The van der Waals surface area contributed by atoms with Crippen LogP contribution in [0.15, 0.2) is 84.6 Å². The number of hydrogen-bond acceptors (Lipinski definition) is 6. The molecule has 2 aromatic heterocycles. The third kappa shape index (κ3) is 4.79. The van der Waals surface area contributed by atoms with Crippen LogP contribution in [0.25, 0.3) is 17.2 Å². The number of Topliss-reactive ketones (excluding diaryl/α,β-unsaturated/α-hetero) is 2. The molecule has 0 saturated heterocycles. The van der Waals surface area contributed by atoms with Gasteiger partial charge in [-0.05, 0) is 95.8 Å². The zero-order valence-electron chi connectivity index (χ0n) is 25.8. The minimum absolute atomic E-state index is 0.0772. The summed E-state index contributed by atoms with van der Waals surface area (Å²) < 4.78 is 40.5. The van der Waals surface area contributed by atoms with E-state index in [1.807, 2.05) is 49.1 Å². The second-order valence-electron chi connectivity index (χ2n) is 12.3. The number of hydrogen-bond donors (Lipinski definition) is 0. The third-order valence-electron chi connectivity index (χ3n) is 8.97. The average molecular weight is 646 g/mol. The largest absolute Gasteiger partial charge is 0.417 e. The van der Waals surface area contributed by atoms with Crippen LogP contribution in [-0.2, 0) is 11.6 Å². The van der Waals surface area contributed by atoms with Crippen LogP contribution in [0.5, 0.6) is 0 Å². The molecule has 2 aliphatic rings. The van der Waals surface area contributed by atoms with E-state index in [1.165, 1.54) is 17.4 Å². The van der Waals surface area contributed by atoms with E-state index in [9.17, 15) is 28.0 Å². The Morgan fingerprint density at radius 2 is 1.55 bits per heavy atom. The van der Waals surface area contributed by atoms with Crippen LogP contribution in [0, 0.1) is 25.2 Å². The molecular weight excluding hydrogens is 619 g/mol. The number of halogens is 3. The summed E-state index contributed by atoms with van der Waals surface area (Å²) in [7, 11) is 0. The van der Waals surface area contributed by atoms with E-state index >= 15 is 0 Å². The van der Waals surface area contributed by atoms with Gasteiger partial charge in [0, 0.05) is 27.6 Å². The van der Waals surface area contributed by atoms with Gasteiger partial charge in [-0.2, -0.15) is 18.4 Å². The van der Waals surface area contributed by atoms with Crippen LogP contribution >= 0.6 is 11.3 Å². The monoisotopic (exact) mass is 645 g/mol. The number of aromatic nitrogens is 1. The van der Waals surface area contributed by atoms with Gasteiger partial charge >= 0.3 is 6.18 Å². The van der Waals surface area contributed by atoms with Gasteiger partial charge in [0.25, 0.3) is 0 Å². The van der Waals surface area contributed by atoms with Crippen LogP contribution in [0.2, 0.25) is 0 Å². The van der Waals surface area contributed by atoms with Gasteiger partial charge in [0.2, 0.25) is 0 Å². The summed E-state index contributed by atoms with van der Waals surface area (Å²) in [4.78, 5) is 33.2. The van der Waals surface area contributed by atoms with E-state index in [0.29, 0.717) is 27.4 Å². The van der Waals surface area contributed by atoms with E-state index in [1.54, 1.807) is 30.3 Å². The van der Waals surface area contributed by atoms with Crippen molar-refractivity contribution in [3.8, 4) is 17.2 Å². The zero-order valence-corrected chi connectivity index (χ0v) is 26.6. The molecule has 7 rings (SSSR count). The summed E-state index contributed by atoms with van der Waals surface area (Å²) in [6.45, 7) is 8.09. The Labute approximate surface area is 273 Å². The summed E-state index contributed by atoms with van der Waals surface area (Å²) >= 11 is 1.35. The molecule has 9 heteroatoms. The Kier molecular flexibility index (Phi) is 6.85. The zero-order chi connectivity index (χ0) is 33.4. The Morgan fingerprint density at radius 3 is 2.13 bits per heavy atom. The quantitative estimate of drug-likeness (QED) is 0.144. The molecule has 3 aromatic carbocycles. The Balaban J connectivity index is 1.41. The maximum atomic E-state index is 13.5. The second kappa shape index (κ2) is 10.6. The highest BCUT2D eigenvalue weighted by molar-refractivity contribution is 7.17. The van der Waals surface area contributed by atoms with Crippen molar-refractivity contribution in [2.24, 2.45) is 0 Å². The third-order valence-corrected chi connectivity index (χ3v) is 10.0. The number of carbonyl (C=O) groups is 2. The van der Waals surface area contributed by atoms with Crippen molar-refractivity contribution in [3.63, 3.8) is 0 Å². The molecule has 0 radical (unpaired) electrons. The van der Waals surface area contributed by atoms with Crippen LogP contribution in [0.1, 0.15) is 72.8 Å². The smallest absolute Gasteiger partial charge is 0.288 e. The van der Waals surface area contributed by atoms with Gasteiger partial charge in [0.05, 0.1) is 28.5 Å². The van der Waals surface area contributed by atoms with E-state index in [4.69, 9.17) is 0 Å². The van der Waals surface area contributed by atoms with Crippen LogP contribution in [0.3, 0.4) is 0 Å². The van der Waals surface area contributed by atoms with Crippen molar-refractivity contribution in [1.29, 1.82) is 5.26 Å². The lowest BCUT2D eigenvalue weighted by molar-refractivity contribution is -0.137. The van der Waals surface area contributed by atoms with Gasteiger partial charge in [0.15, 0.2) is 11.6 Å². The number of nitriles is 1. The number of ketones is 2. The first-order chi connectivity index (χ1) is 22.3. The van der Waals surface area contributed by atoms with E-state index in [-0.39, 0.29) is 17.1 Å². The maximum Gasteiger partial charge on any atom is 0.417 e. The van der Waals surface area contributed by atoms with E-state index in [2.05, 4.69) is 31.0 Å². The van der Waals surface area contributed by atoms with Gasteiger partial charge < -0.3 is 0 Å². The Hall–Kier alpha value is -5.33. The number of anilines is 3. The standard InChI is InChI=1S/C38H26F3N3O2S/c1-20-13-22(18-42)14-21(2)33(20)23-9-11-31-29(15-23)37(3,4)30-17-25(16-28-34(45)26-7-5-6-8-27(26)35(28)46)47-36(30)44(31)32-12-10-24(19-43-32)38(39,40)41/h5-17,19H,1-4H3. The first-order valence-corrected chi connectivity index (χ1v) is 15.7. The second-order valence-corrected chi connectivity index (χ2v) is 13.4. The molecule has 0 unspecified atom stereocenters. The number of alkyl halides is 3. The summed E-state index contributed by atoms with van der Waals surface area (Å²) in [6, 6.07) is 23.0. The molecule has 0 spiro atoms. The minimum Gasteiger partial charge on any atom is -0.288 e. The minimum atomic E-state index is -4.54. The molecule has 232 valence electrons. The molecular formula is C38H26F3N3O2S. The highest BCUT2D eigenvalue weighted by Crippen LogP contribution is 2.56. The number of nitrogens with zero attached hydrogens (tertiary/aromatic N) is 3. The van der Waals surface area contributed by atoms with Crippen molar-refractivity contribution in [2.75, 3.05) is 4.90 Å². The number of pyridine rings is 1. The van der Waals surface area contributed by atoms with Crippen molar-refractivity contribution in [2.45, 2.75) is 39.3 Å². The lowest BCUT2D eigenvalue weighted by Crippen LogP contribution is -2.29. The topological polar surface area (TPSA) is 74.1 Å². The molecule has 5 nitrogen and oxygen atoms in total. The summed E-state index contributed by atoms with van der Waals surface area (Å²) in [5, 5.41) is 10.2. The molecule has 0 atom stereocenters. The molecule has 0 bridgehead atoms.